The predicted molar refractivity (Wildman–Crippen MR) is 95.4 cm³/mol. The summed E-state index contributed by atoms with van der Waals surface area (Å²) in [6.45, 7) is 0.191. The third-order valence-corrected chi connectivity index (χ3v) is 4.86. The lowest BCUT2D eigenvalue weighted by atomic mass is 10.1. The van der Waals surface area contributed by atoms with Gasteiger partial charge in [0.05, 0.1) is 11.4 Å². The van der Waals surface area contributed by atoms with Gasteiger partial charge in [0.15, 0.2) is 0 Å². The fraction of sp³-hybridized carbons (Fsp3) is 0.0588. The van der Waals surface area contributed by atoms with Crippen molar-refractivity contribution in [3.05, 3.63) is 63.0 Å². The van der Waals surface area contributed by atoms with Crippen molar-refractivity contribution < 1.29 is 19.8 Å². The van der Waals surface area contributed by atoms with Gasteiger partial charge in [-0.15, -0.1) is 0 Å². The lowest BCUT2D eigenvalue weighted by molar-refractivity contribution is -0.123. The maximum Gasteiger partial charge on any atom is 0.293 e. The maximum absolute atomic E-state index is 12.4. The van der Waals surface area contributed by atoms with E-state index in [-0.39, 0.29) is 28.2 Å². The fourth-order valence-corrected chi connectivity index (χ4v) is 3.30. The molecule has 0 spiro atoms. The quantitative estimate of drug-likeness (QED) is 0.751. The zero-order valence-electron chi connectivity index (χ0n) is 12.3. The first-order valence-electron chi connectivity index (χ1n) is 6.96. The summed E-state index contributed by atoms with van der Waals surface area (Å²) in [5.74, 6) is -0.636. The normalized spacial score (nSPS) is 16.2. The molecule has 0 saturated carbocycles. The molecule has 0 aromatic heterocycles. The first-order chi connectivity index (χ1) is 11.4. The van der Waals surface area contributed by atoms with Crippen LogP contribution in [0.1, 0.15) is 11.1 Å². The SMILES string of the molecule is O=C1S/C(=C\c2ccc(O)cc2O)C(=O)N1Cc1ccc(Br)cc1. The van der Waals surface area contributed by atoms with Crippen LogP contribution in [0, 0.1) is 0 Å². The largest absolute Gasteiger partial charge is 0.508 e. The number of carbonyl (C=O) groups is 2. The van der Waals surface area contributed by atoms with Gasteiger partial charge in [-0.3, -0.25) is 14.5 Å². The molecule has 0 unspecified atom stereocenters. The molecule has 1 aliphatic rings. The van der Waals surface area contributed by atoms with E-state index < -0.39 is 5.91 Å². The number of halogens is 1. The van der Waals surface area contributed by atoms with Gasteiger partial charge in [0.25, 0.3) is 11.1 Å². The van der Waals surface area contributed by atoms with Crippen LogP contribution >= 0.6 is 27.7 Å². The lowest BCUT2D eigenvalue weighted by Gasteiger charge is -2.12. The molecule has 3 rings (SSSR count). The summed E-state index contributed by atoms with van der Waals surface area (Å²) in [7, 11) is 0. The van der Waals surface area contributed by atoms with Crippen LogP contribution in [0.25, 0.3) is 6.08 Å². The summed E-state index contributed by atoms with van der Waals surface area (Å²) in [4.78, 5) is 26.0. The van der Waals surface area contributed by atoms with Crippen LogP contribution < -0.4 is 0 Å². The molecule has 5 nitrogen and oxygen atoms in total. The number of phenolic OH excluding ortho intramolecular Hbond substituents is 2. The number of imide groups is 1. The zero-order valence-corrected chi connectivity index (χ0v) is 14.7. The van der Waals surface area contributed by atoms with Crippen molar-refractivity contribution in [3.8, 4) is 11.5 Å². The molecular formula is C17H12BrNO4S. The number of rotatable bonds is 3. The molecule has 1 heterocycles. The summed E-state index contributed by atoms with van der Waals surface area (Å²) in [6, 6.07) is 11.4. The van der Waals surface area contributed by atoms with Gasteiger partial charge in [0.1, 0.15) is 11.5 Å². The minimum atomic E-state index is -0.402. The monoisotopic (exact) mass is 405 g/mol. The molecule has 7 heteroatoms. The Morgan fingerprint density at radius 1 is 1.08 bits per heavy atom. The smallest absolute Gasteiger partial charge is 0.293 e. The van der Waals surface area contributed by atoms with Gasteiger partial charge in [-0.25, -0.2) is 0 Å². The molecule has 24 heavy (non-hydrogen) atoms. The molecular weight excluding hydrogens is 394 g/mol. The Balaban J connectivity index is 1.83. The van der Waals surface area contributed by atoms with Gasteiger partial charge in [-0.1, -0.05) is 28.1 Å². The van der Waals surface area contributed by atoms with Crippen molar-refractivity contribution in [3.63, 3.8) is 0 Å². The van der Waals surface area contributed by atoms with Crippen molar-refractivity contribution in [1.82, 2.24) is 4.90 Å². The number of aromatic hydroxyl groups is 2. The van der Waals surface area contributed by atoms with E-state index in [9.17, 15) is 19.8 Å². The molecule has 2 aromatic rings. The summed E-state index contributed by atoms with van der Waals surface area (Å²) >= 11 is 4.17. The second-order valence-corrected chi connectivity index (χ2v) is 7.05. The minimum absolute atomic E-state index is 0.0759. The highest BCUT2D eigenvalue weighted by atomic mass is 79.9. The molecule has 0 aliphatic carbocycles. The van der Waals surface area contributed by atoms with Gasteiger partial charge in [0, 0.05) is 16.1 Å². The molecule has 1 fully saturated rings. The third-order valence-electron chi connectivity index (χ3n) is 3.43. The fourth-order valence-electron chi connectivity index (χ4n) is 2.20. The number of thioether (sulfide) groups is 1. The summed E-state index contributed by atoms with van der Waals surface area (Å²) < 4.78 is 0.920. The average Bonchev–Trinajstić information content (AvgIpc) is 2.80. The van der Waals surface area contributed by atoms with E-state index in [1.54, 1.807) is 0 Å². The number of benzene rings is 2. The summed E-state index contributed by atoms with van der Waals surface area (Å²) in [5, 5.41) is 18.7. The summed E-state index contributed by atoms with van der Waals surface area (Å²) in [5.41, 5.74) is 1.20. The van der Waals surface area contributed by atoms with Crippen molar-refractivity contribution in [2.75, 3.05) is 0 Å². The Morgan fingerprint density at radius 2 is 1.79 bits per heavy atom. The highest BCUT2D eigenvalue weighted by molar-refractivity contribution is 9.10. The first kappa shape index (κ1) is 16.6. The number of carbonyl (C=O) groups excluding carboxylic acids is 2. The topological polar surface area (TPSA) is 77.8 Å². The zero-order chi connectivity index (χ0) is 17.3. The molecule has 1 saturated heterocycles. The molecule has 2 N–H and O–H groups in total. The first-order valence-corrected chi connectivity index (χ1v) is 8.57. The van der Waals surface area contributed by atoms with Gasteiger partial charge in [0.2, 0.25) is 0 Å². The van der Waals surface area contributed by atoms with E-state index in [4.69, 9.17) is 0 Å². The number of phenols is 2. The molecule has 1 aliphatic heterocycles. The molecule has 0 bridgehead atoms. The standard InChI is InChI=1S/C17H12BrNO4S/c18-12-4-1-10(2-5-12)9-19-16(22)15(24-17(19)23)7-11-3-6-13(20)8-14(11)21/h1-8,20-21H,9H2/b15-7-. The molecule has 0 atom stereocenters. The van der Waals surface area contributed by atoms with Crippen molar-refractivity contribution in [1.29, 1.82) is 0 Å². The van der Waals surface area contributed by atoms with Crippen molar-refractivity contribution in [2.45, 2.75) is 6.54 Å². The van der Waals surface area contributed by atoms with Crippen LogP contribution in [0.5, 0.6) is 11.5 Å². The van der Waals surface area contributed by atoms with Crippen LogP contribution in [-0.4, -0.2) is 26.3 Å². The Morgan fingerprint density at radius 3 is 2.46 bits per heavy atom. The van der Waals surface area contributed by atoms with Gasteiger partial charge >= 0.3 is 0 Å². The molecule has 122 valence electrons. The predicted octanol–water partition coefficient (Wildman–Crippen LogP) is 4.10. The number of nitrogens with zero attached hydrogens (tertiary/aromatic N) is 1. The number of amides is 2. The van der Waals surface area contributed by atoms with Crippen LogP contribution in [0.4, 0.5) is 4.79 Å². The molecule has 2 amide bonds. The van der Waals surface area contributed by atoms with E-state index in [1.165, 1.54) is 24.3 Å². The molecule has 2 aromatic carbocycles. The highest BCUT2D eigenvalue weighted by Crippen LogP contribution is 2.35. The maximum atomic E-state index is 12.4. The average molecular weight is 406 g/mol. The van der Waals surface area contributed by atoms with Crippen molar-refractivity contribution in [2.24, 2.45) is 0 Å². The Kier molecular flexibility index (Phi) is 4.64. The van der Waals surface area contributed by atoms with Crippen LogP contribution in [0.2, 0.25) is 0 Å². The van der Waals surface area contributed by atoms with Crippen LogP contribution in [0.15, 0.2) is 51.8 Å². The Hall–Kier alpha value is -2.25. The second kappa shape index (κ2) is 6.70. The van der Waals surface area contributed by atoms with Crippen molar-refractivity contribution >= 4 is 44.9 Å². The van der Waals surface area contributed by atoms with E-state index in [2.05, 4.69) is 15.9 Å². The Bertz CT molecular complexity index is 848. The van der Waals surface area contributed by atoms with E-state index >= 15 is 0 Å². The van der Waals surface area contributed by atoms with Crippen LogP contribution in [-0.2, 0) is 11.3 Å². The minimum Gasteiger partial charge on any atom is -0.508 e. The van der Waals surface area contributed by atoms with E-state index in [0.717, 1.165) is 26.7 Å². The van der Waals surface area contributed by atoms with Gasteiger partial charge < -0.3 is 10.2 Å². The van der Waals surface area contributed by atoms with Gasteiger partial charge in [-0.05, 0) is 47.7 Å². The molecule has 0 radical (unpaired) electrons. The Labute approximate surface area is 150 Å². The van der Waals surface area contributed by atoms with Crippen LogP contribution in [0.3, 0.4) is 0 Å². The summed E-state index contributed by atoms with van der Waals surface area (Å²) in [6.07, 6.45) is 1.45. The van der Waals surface area contributed by atoms with Gasteiger partial charge in [-0.2, -0.15) is 0 Å². The second-order valence-electron chi connectivity index (χ2n) is 5.14. The number of hydrogen-bond donors (Lipinski definition) is 2. The number of hydrogen-bond acceptors (Lipinski definition) is 5. The van der Waals surface area contributed by atoms with E-state index in [0.29, 0.717) is 5.56 Å². The highest BCUT2D eigenvalue weighted by Gasteiger charge is 2.35. The lowest BCUT2D eigenvalue weighted by Crippen LogP contribution is -2.27. The van der Waals surface area contributed by atoms with E-state index in [1.807, 2.05) is 24.3 Å². The third kappa shape index (κ3) is 3.47.